The van der Waals surface area contributed by atoms with Gasteiger partial charge in [0.05, 0.1) is 16.8 Å². The van der Waals surface area contributed by atoms with Crippen molar-refractivity contribution in [2.45, 2.75) is 5.16 Å². The third-order valence-electron chi connectivity index (χ3n) is 3.60. The molecule has 1 aromatic carbocycles. The minimum Gasteiger partial charge on any atom is -0.350 e. The molecule has 0 saturated heterocycles. The van der Waals surface area contributed by atoms with E-state index in [2.05, 4.69) is 20.5 Å². The Balaban J connectivity index is 1.65. The lowest BCUT2D eigenvalue weighted by Gasteiger charge is -2.16. The molecule has 138 valence electrons. The van der Waals surface area contributed by atoms with Crippen molar-refractivity contribution in [3.63, 3.8) is 0 Å². The maximum Gasteiger partial charge on any atom is 0.261 e. The zero-order valence-electron chi connectivity index (χ0n) is 14.1. The number of amides is 1. The Kier molecular flexibility index (Phi) is 5.49. The van der Waals surface area contributed by atoms with Crippen molar-refractivity contribution in [1.82, 2.24) is 20.5 Å². The highest BCUT2D eigenvalue weighted by Gasteiger charge is 2.15. The molecular weight excluding hydrogens is 394 g/mol. The summed E-state index contributed by atoms with van der Waals surface area (Å²) in [5.41, 5.74) is 0.563. The van der Waals surface area contributed by atoms with E-state index >= 15 is 0 Å². The van der Waals surface area contributed by atoms with Crippen LogP contribution in [0.2, 0.25) is 0 Å². The third-order valence-corrected chi connectivity index (χ3v) is 6.80. The summed E-state index contributed by atoms with van der Waals surface area (Å²) in [5, 5.41) is 10.9. The van der Waals surface area contributed by atoms with Crippen molar-refractivity contribution in [1.29, 1.82) is 0 Å². The Hall–Kier alpha value is -2.11. The Labute approximate surface area is 159 Å². The summed E-state index contributed by atoms with van der Waals surface area (Å²) in [5.74, 6) is 0.525. The fourth-order valence-corrected chi connectivity index (χ4v) is 4.29. The average molecular weight is 412 g/mol. The number of carbonyl (C=O) groups excluding carboxylic acids is 1. The Morgan fingerprint density at radius 2 is 2.19 bits per heavy atom. The monoisotopic (exact) mass is 411 g/mol. The van der Waals surface area contributed by atoms with Crippen molar-refractivity contribution in [2.75, 3.05) is 29.9 Å². The second-order valence-electron chi connectivity index (χ2n) is 5.46. The van der Waals surface area contributed by atoms with Gasteiger partial charge < -0.3 is 5.32 Å². The zero-order chi connectivity index (χ0) is 18.7. The van der Waals surface area contributed by atoms with Gasteiger partial charge in [-0.1, -0.05) is 11.8 Å². The normalized spacial score (nSPS) is 11.6. The van der Waals surface area contributed by atoms with Gasteiger partial charge in [-0.25, -0.2) is 13.4 Å². The molecule has 0 unspecified atom stereocenters. The number of hydrogen-bond acceptors (Lipinski definition) is 7. The number of thiophene rings is 1. The van der Waals surface area contributed by atoms with E-state index in [1.54, 1.807) is 18.2 Å². The molecule has 3 aromatic rings. The number of carbonyl (C=O) groups is 1. The molecule has 0 radical (unpaired) electrons. The summed E-state index contributed by atoms with van der Waals surface area (Å²) < 4.78 is 25.5. The highest BCUT2D eigenvalue weighted by molar-refractivity contribution is 7.99. The van der Waals surface area contributed by atoms with E-state index in [9.17, 15) is 13.2 Å². The molecule has 2 N–H and O–H groups in total. The van der Waals surface area contributed by atoms with E-state index in [0.29, 0.717) is 28.0 Å². The van der Waals surface area contributed by atoms with Gasteiger partial charge in [0.15, 0.2) is 5.16 Å². The molecule has 8 nitrogen and oxygen atoms in total. The van der Waals surface area contributed by atoms with Crippen LogP contribution < -0.4 is 9.62 Å². The number of rotatable bonds is 7. The number of benzene rings is 1. The van der Waals surface area contributed by atoms with Crippen LogP contribution in [0.5, 0.6) is 0 Å². The molecule has 0 aliphatic carbocycles. The molecule has 0 aliphatic heterocycles. The topological polar surface area (TPSA) is 108 Å². The lowest BCUT2D eigenvalue weighted by Crippen LogP contribution is -2.24. The van der Waals surface area contributed by atoms with Crippen molar-refractivity contribution < 1.29 is 13.2 Å². The van der Waals surface area contributed by atoms with Crippen LogP contribution in [0.3, 0.4) is 0 Å². The molecule has 0 atom stereocenters. The summed E-state index contributed by atoms with van der Waals surface area (Å²) in [7, 11) is -1.82. The first kappa shape index (κ1) is 18.7. The van der Waals surface area contributed by atoms with Gasteiger partial charge in [0, 0.05) is 24.0 Å². The summed E-state index contributed by atoms with van der Waals surface area (Å²) in [4.78, 5) is 16.9. The molecule has 2 heterocycles. The molecular formula is C15H17N5O3S3. The lowest BCUT2D eigenvalue weighted by molar-refractivity contribution is 0.0960. The van der Waals surface area contributed by atoms with Crippen LogP contribution in [0.1, 0.15) is 9.67 Å². The largest absolute Gasteiger partial charge is 0.350 e. The van der Waals surface area contributed by atoms with Crippen LogP contribution in [0.25, 0.3) is 10.1 Å². The van der Waals surface area contributed by atoms with Gasteiger partial charge in [-0.05, 0) is 29.7 Å². The number of thioether (sulfide) groups is 1. The average Bonchev–Trinajstić information content (AvgIpc) is 3.25. The summed E-state index contributed by atoms with van der Waals surface area (Å²) in [6.07, 6.45) is 2.59. The number of H-pyrrole nitrogens is 1. The number of hydrogen-bond donors (Lipinski definition) is 2. The molecule has 1 amide bonds. The summed E-state index contributed by atoms with van der Waals surface area (Å²) in [6, 6.07) is 7.10. The molecule has 11 heteroatoms. The maximum absolute atomic E-state index is 12.3. The molecule has 0 spiro atoms. The second-order valence-corrected chi connectivity index (χ2v) is 9.64. The van der Waals surface area contributed by atoms with Gasteiger partial charge in [0.25, 0.3) is 5.91 Å². The smallest absolute Gasteiger partial charge is 0.261 e. The van der Waals surface area contributed by atoms with Crippen LogP contribution in [0.4, 0.5) is 5.69 Å². The number of nitrogens with zero attached hydrogens (tertiary/aromatic N) is 3. The molecule has 26 heavy (non-hydrogen) atoms. The Morgan fingerprint density at radius 3 is 2.88 bits per heavy atom. The van der Waals surface area contributed by atoms with Crippen molar-refractivity contribution in [2.24, 2.45) is 0 Å². The Bertz CT molecular complexity index is 1010. The number of anilines is 1. The number of nitrogens with one attached hydrogen (secondary N) is 2. The molecule has 0 fully saturated rings. The first-order valence-electron chi connectivity index (χ1n) is 7.58. The van der Waals surface area contributed by atoms with Gasteiger partial charge in [-0.3, -0.25) is 14.2 Å². The van der Waals surface area contributed by atoms with Crippen molar-refractivity contribution in [3.8, 4) is 0 Å². The first-order valence-corrected chi connectivity index (χ1v) is 11.2. The predicted octanol–water partition coefficient (Wildman–Crippen LogP) is 1.94. The van der Waals surface area contributed by atoms with E-state index in [1.165, 1.54) is 40.8 Å². The summed E-state index contributed by atoms with van der Waals surface area (Å²) >= 11 is 2.85. The lowest BCUT2D eigenvalue weighted by atomic mass is 10.2. The fraction of sp³-hybridized carbons (Fsp3) is 0.267. The minimum absolute atomic E-state index is 0.151. The number of fused-ring (bicyclic) bond motifs is 1. The highest BCUT2D eigenvalue weighted by atomic mass is 32.2. The van der Waals surface area contributed by atoms with E-state index in [4.69, 9.17) is 0 Å². The molecule has 0 saturated carbocycles. The van der Waals surface area contributed by atoms with E-state index in [0.717, 1.165) is 16.3 Å². The molecule has 2 aromatic heterocycles. The fourth-order valence-electron chi connectivity index (χ4n) is 2.19. The van der Waals surface area contributed by atoms with Gasteiger partial charge in [-0.2, -0.15) is 5.10 Å². The van der Waals surface area contributed by atoms with Crippen molar-refractivity contribution in [3.05, 3.63) is 35.5 Å². The predicted molar refractivity (Wildman–Crippen MR) is 105 cm³/mol. The highest BCUT2D eigenvalue weighted by Crippen LogP contribution is 2.29. The molecule has 3 rings (SSSR count). The van der Waals surface area contributed by atoms with E-state index in [-0.39, 0.29) is 5.91 Å². The van der Waals surface area contributed by atoms with Gasteiger partial charge in [0.2, 0.25) is 10.0 Å². The molecule has 0 bridgehead atoms. The zero-order valence-corrected chi connectivity index (χ0v) is 16.5. The van der Waals surface area contributed by atoms with E-state index < -0.39 is 10.0 Å². The van der Waals surface area contributed by atoms with Crippen LogP contribution in [-0.4, -0.2) is 55.1 Å². The van der Waals surface area contributed by atoms with Crippen LogP contribution in [0.15, 0.2) is 35.7 Å². The van der Waals surface area contributed by atoms with E-state index in [1.807, 2.05) is 6.07 Å². The maximum atomic E-state index is 12.3. The van der Waals surface area contributed by atoms with Crippen molar-refractivity contribution >= 4 is 54.8 Å². The SMILES string of the molecule is CN(c1ccc2sc(C(=O)NCCSc3ncn[nH]3)cc2c1)S(C)(=O)=O. The second kappa shape index (κ2) is 7.64. The standard InChI is InChI=1S/C15H17N5O3S3/c1-20(26(2,22)23)11-3-4-12-10(7-11)8-13(25-12)14(21)16-5-6-24-15-17-9-18-19-15/h3-4,7-9H,5-6H2,1-2H3,(H,16,21)(H,17,18,19). The van der Waals surface area contributed by atoms with Crippen LogP contribution in [0, 0.1) is 0 Å². The Morgan fingerprint density at radius 1 is 1.38 bits per heavy atom. The number of sulfonamides is 1. The summed E-state index contributed by atoms with van der Waals surface area (Å²) in [6.45, 7) is 0.501. The third kappa shape index (κ3) is 4.34. The van der Waals surface area contributed by atoms with Gasteiger partial charge >= 0.3 is 0 Å². The van der Waals surface area contributed by atoms with Crippen LogP contribution >= 0.6 is 23.1 Å². The number of aromatic amines is 1. The first-order chi connectivity index (χ1) is 12.3. The molecule has 0 aliphatic rings. The quantitative estimate of drug-likeness (QED) is 0.454. The minimum atomic E-state index is -3.32. The van der Waals surface area contributed by atoms with Gasteiger partial charge in [0.1, 0.15) is 6.33 Å². The van der Waals surface area contributed by atoms with Gasteiger partial charge in [-0.15, -0.1) is 11.3 Å². The number of aromatic nitrogens is 3. The van der Waals surface area contributed by atoms with Crippen LogP contribution in [-0.2, 0) is 10.0 Å².